The van der Waals surface area contributed by atoms with Gasteiger partial charge in [-0.3, -0.25) is 0 Å². The van der Waals surface area contributed by atoms with Gasteiger partial charge in [-0.2, -0.15) is 0 Å². The van der Waals surface area contributed by atoms with Crippen molar-refractivity contribution in [2.24, 2.45) is 14.1 Å². The third kappa shape index (κ3) is 8.24. The zero-order chi connectivity index (χ0) is 31.0. The van der Waals surface area contributed by atoms with Gasteiger partial charge in [0.15, 0.2) is 10.3 Å². The summed E-state index contributed by atoms with van der Waals surface area (Å²) in [5, 5.41) is 9.84. The fourth-order valence-electron chi connectivity index (χ4n) is 4.34. The number of aromatic nitrogens is 6. The summed E-state index contributed by atoms with van der Waals surface area (Å²) in [4.78, 5) is 0. The van der Waals surface area contributed by atoms with E-state index in [0.29, 0.717) is 10.3 Å². The van der Waals surface area contributed by atoms with Crippen LogP contribution in [0.5, 0.6) is 0 Å². The molecule has 0 saturated heterocycles. The maximum atomic E-state index is 9.75. The average Bonchev–Trinajstić information content (AvgIpc) is 3.47. The summed E-state index contributed by atoms with van der Waals surface area (Å²) in [6, 6.07) is 40.4. The molecule has 0 radical (unpaired) electrons. The minimum Gasteiger partial charge on any atom is -0.702 e. The van der Waals surface area contributed by atoms with Crippen LogP contribution in [0.3, 0.4) is 0 Å². The number of rotatable bonds is 4. The van der Waals surface area contributed by atoms with Gasteiger partial charge in [0.2, 0.25) is 0 Å². The summed E-state index contributed by atoms with van der Waals surface area (Å²) in [6.45, 7) is 0. The van der Waals surface area contributed by atoms with E-state index in [9.17, 15) is 17.3 Å². The number of benzene rings is 4. The van der Waals surface area contributed by atoms with Crippen LogP contribution in [0.25, 0.3) is 34.2 Å². The van der Waals surface area contributed by atoms with Crippen molar-refractivity contribution in [3.05, 3.63) is 121 Å². The number of halogens is 4. The second-order valence-electron chi connectivity index (χ2n) is 9.03. The van der Waals surface area contributed by atoms with Gasteiger partial charge in [0.1, 0.15) is 11.4 Å². The predicted molar refractivity (Wildman–Crippen MR) is 162 cm³/mol. The minimum absolute atomic E-state index is 0.563. The number of nitrogens with zero attached hydrogens (tertiary/aromatic N) is 6. The molecule has 2 heterocycles. The number of aryl methyl sites for hydroxylation is 2. The van der Waals surface area contributed by atoms with Crippen LogP contribution in [0.4, 0.5) is 17.3 Å². The Labute approximate surface area is 257 Å². The van der Waals surface area contributed by atoms with Gasteiger partial charge in [0.25, 0.3) is 11.6 Å². The molecule has 0 atom stereocenters. The Balaban J connectivity index is 0.000000171. The van der Waals surface area contributed by atoms with E-state index in [4.69, 9.17) is 25.3 Å². The van der Waals surface area contributed by atoms with Gasteiger partial charge in [-0.25, -0.2) is 9.13 Å². The van der Waals surface area contributed by atoms with Gasteiger partial charge >= 0.3 is 7.25 Å². The molecule has 0 aliphatic rings. The fourth-order valence-corrected chi connectivity index (χ4v) is 4.97. The second kappa shape index (κ2) is 14.0. The Morgan fingerprint density at radius 1 is 0.512 bits per heavy atom. The van der Waals surface area contributed by atoms with Crippen molar-refractivity contribution in [2.75, 3.05) is 0 Å². The standard InChI is InChI=1S/2C15H13N3S.BF4/c2*1-17-14(12-8-4-2-5-9-12)18(15(19)16-17)13-10-6-3-7-11-13;2-1(3,4)5/h2*2-11H,1H3;/q;;-1. The first-order valence-corrected chi connectivity index (χ1v) is 13.8. The van der Waals surface area contributed by atoms with Crippen molar-refractivity contribution in [1.29, 1.82) is 0 Å². The molecule has 6 aromatic rings. The molecular weight excluding hydrogens is 595 g/mol. The molecule has 6 rings (SSSR count). The van der Waals surface area contributed by atoms with Crippen LogP contribution in [0.15, 0.2) is 132 Å². The fraction of sp³-hybridized carbons (Fsp3) is 0.0667. The Hall–Kier alpha value is -4.62. The lowest BCUT2D eigenvalue weighted by Crippen LogP contribution is -2.34. The van der Waals surface area contributed by atoms with Gasteiger partial charge in [0.05, 0.1) is 25.2 Å². The monoisotopic (exact) mass is 621 g/mol. The molecule has 0 unspecified atom stereocenters. The number of hydrogen-bond donors (Lipinski definition) is 0. The Kier molecular flexibility index (Phi) is 10.2. The largest absolute Gasteiger partial charge is 0.702 e. The van der Waals surface area contributed by atoms with Crippen molar-refractivity contribution < 1.29 is 26.4 Å². The van der Waals surface area contributed by atoms with E-state index in [0.717, 1.165) is 34.2 Å². The van der Waals surface area contributed by atoms with Crippen LogP contribution < -0.4 is 9.13 Å². The van der Waals surface area contributed by atoms with Crippen LogP contribution in [0, 0.1) is 0 Å². The third-order valence-corrected chi connectivity index (χ3v) is 6.51. The summed E-state index contributed by atoms with van der Waals surface area (Å²) < 4.78 is 46.6. The average molecular weight is 622 g/mol. The van der Waals surface area contributed by atoms with Gasteiger partial charge in [-0.1, -0.05) is 72.8 Å². The Morgan fingerprint density at radius 2 is 0.767 bits per heavy atom. The Morgan fingerprint density at radius 3 is 1.05 bits per heavy atom. The van der Waals surface area contributed by atoms with E-state index >= 15 is 0 Å². The first-order valence-electron chi connectivity index (χ1n) is 13.0. The highest BCUT2D eigenvalue weighted by Crippen LogP contribution is 2.18. The third-order valence-electron chi connectivity index (χ3n) is 5.98. The maximum Gasteiger partial charge on any atom is 0.673 e. The van der Waals surface area contributed by atoms with Crippen LogP contribution in [-0.4, -0.2) is 26.8 Å². The minimum atomic E-state index is -6.00. The number of hydrogen-bond acceptors (Lipinski definition) is 4. The molecule has 4 aromatic carbocycles. The van der Waals surface area contributed by atoms with E-state index in [1.807, 2.05) is 130 Å². The highest BCUT2D eigenvalue weighted by Gasteiger charge is 2.22. The molecule has 43 heavy (non-hydrogen) atoms. The molecule has 0 saturated carbocycles. The van der Waals surface area contributed by atoms with Crippen molar-refractivity contribution >= 4 is 32.5 Å². The molecule has 0 amide bonds. The predicted octanol–water partition coefficient (Wildman–Crippen LogP) is 5.84. The SMILES string of the molecule is Cn1nc([S-])[n+](-c2ccccc2)c1-c1ccccc1.Cn1nc([S-])[n+](-c2ccccc2)c1-c1ccccc1.F[B-](F)(F)F. The van der Waals surface area contributed by atoms with Gasteiger partial charge in [-0.05, 0) is 48.5 Å². The molecule has 220 valence electrons. The highest BCUT2D eigenvalue weighted by molar-refractivity contribution is 7.58. The molecule has 0 aliphatic carbocycles. The first-order chi connectivity index (χ1) is 20.5. The van der Waals surface area contributed by atoms with Gasteiger partial charge < -0.3 is 42.5 Å². The number of para-hydroxylation sites is 2. The molecule has 0 spiro atoms. The smallest absolute Gasteiger partial charge is 0.673 e. The molecule has 0 bridgehead atoms. The normalized spacial score (nSPS) is 10.7. The molecule has 0 fully saturated rings. The van der Waals surface area contributed by atoms with Gasteiger partial charge in [0, 0.05) is 10.2 Å². The zero-order valence-electron chi connectivity index (χ0n) is 23.1. The van der Waals surface area contributed by atoms with E-state index in [2.05, 4.69) is 34.5 Å². The lowest BCUT2D eigenvalue weighted by molar-refractivity contribution is -0.625. The summed E-state index contributed by atoms with van der Waals surface area (Å²) >= 11 is 10.7. The summed E-state index contributed by atoms with van der Waals surface area (Å²) in [6.07, 6.45) is 0. The molecule has 13 heteroatoms. The molecule has 6 nitrogen and oxygen atoms in total. The quantitative estimate of drug-likeness (QED) is 0.107. The van der Waals surface area contributed by atoms with Crippen molar-refractivity contribution in [3.8, 4) is 34.2 Å². The molecule has 0 aliphatic heterocycles. The zero-order valence-corrected chi connectivity index (χ0v) is 24.8. The lowest BCUT2D eigenvalue weighted by atomic mass is 10.2. The van der Waals surface area contributed by atoms with Crippen molar-refractivity contribution in [3.63, 3.8) is 0 Å². The molecular formula is C30H26BF4N6S2-. The van der Waals surface area contributed by atoms with E-state index < -0.39 is 7.25 Å². The molecule has 2 aromatic heterocycles. The maximum absolute atomic E-state index is 9.75. The van der Waals surface area contributed by atoms with Crippen LogP contribution >= 0.6 is 0 Å². The van der Waals surface area contributed by atoms with Crippen molar-refractivity contribution in [2.45, 2.75) is 10.3 Å². The summed E-state index contributed by atoms with van der Waals surface area (Å²) in [5.41, 5.74) is 4.24. The summed E-state index contributed by atoms with van der Waals surface area (Å²) in [7, 11) is -2.17. The lowest BCUT2D eigenvalue weighted by Gasteiger charge is -2.06. The Bertz CT molecular complexity index is 1500. The first kappa shape index (κ1) is 31.3. The molecule has 0 N–H and O–H groups in total. The van der Waals surface area contributed by atoms with Crippen LogP contribution in [0.2, 0.25) is 0 Å². The second-order valence-corrected chi connectivity index (χ2v) is 9.76. The summed E-state index contributed by atoms with van der Waals surface area (Å²) in [5.74, 6) is 1.97. The van der Waals surface area contributed by atoms with Crippen molar-refractivity contribution in [1.82, 2.24) is 19.6 Å². The van der Waals surface area contributed by atoms with E-state index in [-0.39, 0.29) is 0 Å². The van der Waals surface area contributed by atoms with E-state index in [1.165, 1.54) is 0 Å². The van der Waals surface area contributed by atoms with Gasteiger partial charge in [-0.15, -0.1) is 9.36 Å². The van der Waals surface area contributed by atoms with Crippen LogP contribution in [-0.2, 0) is 39.4 Å². The highest BCUT2D eigenvalue weighted by atomic mass is 32.1. The topological polar surface area (TPSA) is 43.4 Å². The van der Waals surface area contributed by atoms with E-state index in [1.54, 1.807) is 0 Å². The van der Waals surface area contributed by atoms with Crippen LogP contribution in [0.1, 0.15) is 0 Å².